The second-order valence-electron chi connectivity index (χ2n) is 4.94. The van der Waals surface area contributed by atoms with Crippen molar-refractivity contribution in [3.63, 3.8) is 0 Å². The van der Waals surface area contributed by atoms with Crippen molar-refractivity contribution in [1.82, 2.24) is 19.5 Å². The lowest BCUT2D eigenvalue weighted by molar-refractivity contribution is -0.0560. The average Bonchev–Trinajstić information content (AvgIpc) is 3.10. The number of hydrogen-bond acceptors (Lipinski definition) is 9. The van der Waals surface area contributed by atoms with Crippen LogP contribution in [0.1, 0.15) is 6.23 Å². The number of aliphatic hydroxyl groups excluding tert-OH is 1. The van der Waals surface area contributed by atoms with Crippen LogP contribution in [-0.4, -0.2) is 54.4 Å². The first kappa shape index (κ1) is 14.4. The molecular formula is C10H12N5O5PS. The van der Waals surface area contributed by atoms with E-state index < -0.39 is 31.3 Å². The molecule has 2 saturated heterocycles. The first-order valence-corrected chi connectivity index (χ1v) is 8.98. The minimum atomic E-state index is -3.33. The molecule has 0 amide bonds. The number of rotatable bonds is 2. The zero-order chi connectivity index (χ0) is 15.5. The topological polar surface area (TPSA) is 138 Å². The Bertz CT molecular complexity index is 786. The summed E-state index contributed by atoms with van der Waals surface area (Å²) in [5.41, 5.74) is 6.64. The molecule has 0 aromatic carbocycles. The van der Waals surface area contributed by atoms with Crippen LogP contribution >= 0.6 is 6.72 Å². The van der Waals surface area contributed by atoms with Crippen molar-refractivity contribution >= 4 is 35.5 Å². The molecular weight excluding hydrogens is 333 g/mol. The number of nitrogen functional groups attached to an aromatic ring is 1. The van der Waals surface area contributed by atoms with Gasteiger partial charge >= 0.3 is 6.72 Å². The summed E-state index contributed by atoms with van der Waals surface area (Å²) in [5.74, 6) is 0.243. The van der Waals surface area contributed by atoms with E-state index >= 15 is 0 Å². The molecule has 0 radical (unpaired) electrons. The highest BCUT2D eigenvalue weighted by molar-refractivity contribution is 8.07. The highest BCUT2D eigenvalue weighted by atomic mass is 32.5. The van der Waals surface area contributed by atoms with Crippen molar-refractivity contribution in [1.29, 1.82) is 0 Å². The second-order valence-corrected chi connectivity index (χ2v) is 7.68. The molecule has 4 rings (SSSR count). The summed E-state index contributed by atoms with van der Waals surface area (Å²) in [7, 11) is 0. The van der Waals surface area contributed by atoms with E-state index in [1.165, 1.54) is 12.7 Å². The van der Waals surface area contributed by atoms with Gasteiger partial charge in [-0.1, -0.05) is 0 Å². The van der Waals surface area contributed by atoms with Gasteiger partial charge in [0.2, 0.25) is 0 Å². The lowest BCUT2D eigenvalue weighted by atomic mass is 10.1. The van der Waals surface area contributed by atoms with Gasteiger partial charge in [-0.15, -0.1) is 0 Å². The first-order chi connectivity index (χ1) is 10.5. The predicted molar refractivity (Wildman–Crippen MR) is 77.0 cm³/mol. The van der Waals surface area contributed by atoms with E-state index in [-0.39, 0.29) is 12.4 Å². The first-order valence-electron chi connectivity index (χ1n) is 6.39. The Balaban J connectivity index is 1.78. The normalized spacial score (nSPS) is 37.7. The lowest BCUT2D eigenvalue weighted by Gasteiger charge is -2.19. The number of fused-ring (bicyclic) bond motifs is 2. The minimum absolute atomic E-state index is 0.243. The standard InChI is InChI=1S/C10H12N5O5PS/c11-8-5-9(13-2-12-8)15(3-14-5)10-7-6(4(1-16)18-10)19-21(17,22)20-7/h2-4,6-7,10,16H,1H2,(H,17,22)(H2,11,12,13)/t4-,6+,7+,10-,21?/m1/s1. The second kappa shape index (κ2) is 4.90. The van der Waals surface area contributed by atoms with Crippen molar-refractivity contribution in [2.75, 3.05) is 12.3 Å². The molecule has 0 bridgehead atoms. The van der Waals surface area contributed by atoms with Crippen LogP contribution in [0.2, 0.25) is 0 Å². The highest BCUT2D eigenvalue weighted by Gasteiger charge is 2.55. The number of aliphatic hydroxyl groups is 1. The Labute approximate surface area is 129 Å². The van der Waals surface area contributed by atoms with Gasteiger partial charge < -0.3 is 20.5 Å². The molecule has 22 heavy (non-hydrogen) atoms. The molecule has 2 fully saturated rings. The Hall–Kier alpha value is -1.20. The molecule has 0 spiro atoms. The van der Waals surface area contributed by atoms with Gasteiger partial charge in [0.1, 0.15) is 30.2 Å². The molecule has 12 heteroatoms. The van der Waals surface area contributed by atoms with E-state index in [1.54, 1.807) is 4.57 Å². The molecule has 2 aromatic heterocycles. The van der Waals surface area contributed by atoms with Gasteiger partial charge in [-0.3, -0.25) is 13.6 Å². The fourth-order valence-electron chi connectivity index (χ4n) is 2.71. The molecule has 2 aliphatic rings. The zero-order valence-corrected chi connectivity index (χ0v) is 12.7. The van der Waals surface area contributed by atoms with Gasteiger partial charge in [-0.25, -0.2) is 15.0 Å². The SMILES string of the molecule is Nc1ncnc2c1ncn2[C@@H]1O[C@H](CO)[C@@H]2OP(O)(=S)O[C@@H]21. The molecule has 2 aliphatic heterocycles. The number of nitrogens with two attached hydrogens (primary N) is 1. The molecule has 4 N–H and O–H groups in total. The quantitative estimate of drug-likeness (QED) is 0.599. The van der Waals surface area contributed by atoms with Crippen LogP contribution in [0.4, 0.5) is 5.82 Å². The summed E-state index contributed by atoms with van der Waals surface area (Å²) in [5, 5.41) is 9.42. The number of nitrogens with zero attached hydrogens (tertiary/aromatic N) is 4. The fraction of sp³-hybridized carbons (Fsp3) is 0.500. The van der Waals surface area contributed by atoms with Crippen molar-refractivity contribution in [2.45, 2.75) is 24.5 Å². The Morgan fingerprint density at radius 1 is 1.32 bits per heavy atom. The Morgan fingerprint density at radius 2 is 2.09 bits per heavy atom. The zero-order valence-electron chi connectivity index (χ0n) is 11.0. The van der Waals surface area contributed by atoms with Crippen LogP contribution in [0.5, 0.6) is 0 Å². The number of hydrogen-bond donors (Lipinski definition) is 3. The number of imidazole rings is 1. The predicted octanol–water partition coefficient (Wildman–Crippen LogP) is -0.701. The van der Waals surface area contributed by atoms with Gasteiger partial charge in [0.25, 0.3) is 0 Å². The Morgan fingerprint density at radius 3 is 2.86 bits per heavy atom. The van der Waals surface area contributed by atoms with Gasteiger partial charge in [-0.2, -0.15) is 0 Å². The summed E-state index contributed by atoms with van der Waals surface area (Å²) in [4.78, 5) is 22.0. The summed E-state index contributed by atoms with van der Waals surface area (Å²) in [6, 6.07) is 0. The summed E-state index contributed by atoms with van der Waals surface area (Å²) in [6.07, 6.45) is 0.125. The minimum Gasteiger partial charge on any atom is -0.394 e. The molecule has 118 valence electrons. The van der Waals surface area contributed by atoms with E-state index in [1.807, 2.05) is 0 Å². The van der Waals surface area contributed by atoms with Crippen LogP contribution in [0.25, 0.3) is 11.2 Å². The highest BCUT2D eigenvalue weighted by Crippen LogP contribution is 2.58. The maximum absolute atomic E-state index is 9.86. The van der Waals surface area contributed by atoms with E-state index in [0.717, 1.165) is 0 Å². The molecule has 10 nitrogen and oxygen atoms in total. The smallest absolute Gasteiger partial charge is 0.325 e. The van der Waals surface area contributed by atoms with E-state index in [2.05, 4.69) is 15.0 Å². The van der Waals surface area contributed by atoms with E-state index in [9.17, 15) is 10.00 Å². The van der Waals surface area contributed by atoms with Gasteiger partial charge in [0, 0.05) is 0 Å². The molecule has 2 aromatic rings. The molecule has 5 atom stereocenters. The lowest BCUT2D eigenvalue weighted by Crippen LogP contribution is -2.30. The maximum Gasteiger partial charge on any atom is 0.325 e. The van der Waals surface area contributed by atoms with Crippen molar-refractivity contribution in [3.8, 4) is 0 Å². The fourth-order valence-corrected chi connectivity index (χ4v) is 4.45. The van der Waals surface area contributed by atoms with Crippen LogP contribution in [0.3, 0.4) is 0 Å². The van der Waals surface area contributed by atoms with Gasteiger partial charge in [0.05, 0.1) is 12.9 Å². The van der Waals surface area contributed by atoms with Crippen LogP contribution < -0.4 is 5.73 Å². The van der Waals surface area contributed by atoms with Crippen molar-refractivity contribution < 1.29 is 23.8 Å². The van der Waals surface area contributed by atoms with Crippen molar-refractivity contribution in [3.05, 3.63) is 12.7 Å². The summed E-state index contributed by atoms with van der Waals surface area (Å²) in [6.45, 7) is -3.62. The molecule has 1 unspecified atom stereocenters. The van der Waals surface area contributed by atoms with Gasteiger partial charge in [-0.05, 0) is 11.8 Å². The third-order valence-electron chi connectivity index (χ3n) is 3.64. The maximum atomic E-state index is 9.86. The number of aromatic nitrogens is 4. The van der Waals surface area contributed by atoms with Crippen LogP contribution in [-0.2, 0) is 25.6 Å². The summed E-state index contributed by atoms with van der Waals surface area (Å²) < 4.78 is 18.1. The number of ether oxygens (including phenoxy) is 1. The molecule has 0 saturated carbocycles. The largest absolute Gasteiger partial charge is 0.394 e. The van der Waals surface area contributed by atoms with Crippen molar-refractivity contribution in [2.24, 2.45) is 0 Å². The van der Waals surface area contributed by atoms with Crippen LogP contribution in [0, 0.1) is 0 Å². The van der Waals surface area contributed by atoms with E-state index in [4.69, 9.17) is 31.3 Å². The molecule has 4 heterocycles. The third kappa shape index (κ3) is 2.06. The average molecular weight is 345 g/mol. The van der Waals surface area contributed by atoms with Crippen LogP contribution in [0.15, 0.2) is 12.7 Å². The van der Waals surface area contributed by atoms with E-state index in [0.29, 0.717) is 11.2 Å². The molecule has 0 aliphatic carbocycles. The summed E-state index contributed by atoms with van der Waals surface area (Å²) >= 11 is 4.88. The third-order valence-corrected chi connectivity index (χ3v) is 5.17. The monoisotopic (exact) mass is 345 g/mol. The Kier molecular flexibility index (Phi) is 3.20. The van der Waals surface area contributed by atoms with Gasteiger partial charge in [0.15, 0.2) is 17.7 Å². The number of anilines is 1.